The van der Waals surface area contributed by atoms with Crippen molar-refractivity contribution in [2.45, 2.75) is 4.90 Å². The zero-order valence-electron chi connectivity index (χ0n) is 10.5. The van der Waals surface area contributed by atoms with Crippen molar-refractivity contribution < 1.29 is 8.42 Å². The Morgan fingerprint density at radius 3 is 2.65 bits per heavy atom. The van der Waals surface area contributed by atoms with E-state index in [2.05, 4.69) is 4.98 Å². The van der Waals surface area contributed by atoms with Crippen molar-refractivity contribution in [1.29, 1.82) is 5.26 Å². The fourth-order valence-corrected chi connectivity index (χ4v) is 2.91. The quantitative estimate of drug-likeness (QED) is 0.873. The second kappa shape index (κ2) is 5.49. The minimum absolute atomic E-state index is 0.00777. The van der Waals surface area contributed by atoms with Crippen molar-refractivity contribution in [3.8, 4) is 6.07 Å². The van der Waals surface area contributed by atoms with E-state index in [-0.39, 0.29) is 15.5 Å². The van der Waals surface area contributed by atoms with Crippen molar-refractivity contribution >= 4 is 27.4 Å². The first kappa shape index (κ1) is 14.3. The third-order valence-corrected chi connectivity index (χ3v) is 4.78. The lowest BCUT2D eigenvalue weighted by molar-refractivity contribution is 0.594. The number of hydrogen-bond donors (Lipinski definition) is 0. The van der Waals surface area contributed by atoms with Gasteiger partial charge in [0.2, 0.25) is 0 Å². The van der Waals surface area contributed by atoms with Crippen LogP contribution in [0.3, 0.4) is 0 Å². The fraction of sp³-hybridized carbons (Fsp3) is 0.0769. The minimum Gasteiger partial charge on any atom is -0.253 e. The largest absolute Gasteiger partial charge is 0.265 e. The molecule has 5 nitrogen and oxygen atoms in total. The summed E-state index contributed by atoms with van der Waals surface area (Å²) in [6.45, 7) is 0. The van der Waals surface area contributed by atoms with Gasteiger partial charge in [0, 0.05) is 13.2 Å². The Bertz CT molecular complexity index is 770. The third kappa shape index (κ3) is 2.59. The summed E-state index contributed by atoms with van der Waals surface area (Å²) < 4.78 is 25.9. The maximum atomic E-state index is 12.4. The molecule has 2 aromatic rings. The monoisotopic (exact) mass is 307 g/mol. The lowest BCUT2D eigenvalue weighted by atomic mass is 10.2. The van der Waals surface area contributed by atoms with Crippen LogP contribution < -0.4 is 4.31 Å². The van der Waals surface area contributed by atoms with Crippen molar-refractivity contribution in [3.63, 3.8) is 0 Å². The Kier molecular flexibility index (Phi) is 3.93. The molecule has 0 saturated carbocycles. The highest BCUT2D eigenvalue weighted by atomic mass is 35.5. The highest BCUT2D eigenvalue weighted by Crippen LogP contribution is 2.24. The molecule has 0 spiro atoms. The third-order valence-electron chi connectivity index (χ3n) is 2.69. The van der Waals surface area contributed by atoms with Gasteiger partial charge in [-0.05, 0) is 30.3 Å². The zero-order chi connectivity index (χ0) is 14.8. The molecule has 0 unspecified atom stereocenters. The normalized spacial score (nSPS) is 10.8. The Hall–Kier alpha value is -2.10. The molecule has 1 heterocycles. The van der Waals surface area contributed by atoms with Crippen LogP contribution in [0.2, 0.25) is 5.02 Å². The predicted octanol–water partition coefficient (Wildman–Crippen LogP) is 2.43. The van der Waals surface area contributed by atoms with Crippen LogP contribution in [0.5, 0.6) is 0 Å². The van der Waals surface area contributed by atoms with Crippen molar-refractivity contribution in [3.05, 3.63) is 53.2 Å². The first-order valence-electron chi connectivity index (χ1n) is 5.56. The molecule has 0 saturated heterocycles. The fourth-order valence-electron chi connectivity index (χ4n) is 1.57. The summed E-state index contributed by atoms with van der Waals surface area (Å²) in [4.78, 5) is 3.98. The van der Waals surface area contributed by atoms with Crippen LogP contribution in [0, 0.1) is 11.3 Å². The molecule has 0 aliphatic rings. The first-order valence-corrected chi connectivity index (χ1v) is 7.38. The van der Waals surface area contributed by atoms with Crippen LogP contribution in [0.15, 0.2) is 47.5 Å². The van der Waals surface area contributed by atoms with Gasteiger partial charge in [-0.2, -0.15) is 5.26 Å². The number of nitrogens with zero attached hydrogens (tertiary/aromatic N) is 3. The van der Waals surface area contributed by atoms with Crippen LogP contribution in [-0.2, 0) is 10.0 Å². The Balaban J connectivity index is 2.49. The maximum absolute atomic E-state index is 12.4. The zero-order valence-corrected chi connectivity index (χ0v) is 12.1. The summed E-state index contributed by atoms with van der Waals surface area (Å²) in [7, 11) is -2.38. The maximum Gasteiger partial charge on any atom is 0.265 e. The van der Waals surface area contributed by atoms with Gasteiger partial charge in [-0.3, -0.25) is 4.31 Å². The van der Waals surface area contributed by atoms with E-state index in [4.69, 9.17) is 16.9 Å². The van der Waals surface area contributed by atoms with Gasteiger partial charge >= 0.3 is 0 Å². The molecule has 0 radical (unpaired) electrons. The van der Waals surface area contributed by atoms with Crippen LogP contribution >= 0.6 is 11.6 Å². The highest BCUT2D eigenvalue weighted by molar-refractivity contribution is 7.92. The summed E-state index contributed by atoms with van der Waals surface area (Å²) in [5.74, 6) is 0.293. The molecule has 20 heavy (non-hydrogen) atoms. The molecule has 102 valence electrons. The van der Waals surface area contributed by atoms with Gasteiger partial charge in [-0.15, -0.1) is 0 Å². The van der Waals surface area contributed by atoms with E-state index in [0.29, 0.717) is 5.82 Å². The summed E-state index contributed by atoms with van der Waals surface area (Å²) in [5, 5.41) is 9.12. The molecule has 1 aromatic carbocycles. The molecule has 0 amide bonds. The second-order valence-corrected chi connectivity index (χ2v) is 6.29. The van der Waals surface area contributed by atoms with E-state index in [9.17, 15) is 8.42 Å². The molecular weight excluding hydrogens is 298 g/mol. The molecule has 0 bridgehead atoms. The number of anilines is 1. The van der Waals surface area contributed by atoms with E-state index in [1.165, 1.54) is 31.4 Å². The lowest BCUT2D eigenvalue weighted by Crippen LogP contribution is -2.27. The summed E-state index contributed by atoms with van der Waals surface area (Å²) in [6, 6.07) is 10.8. The van der Waals surface area contributed by atoms with Crippen molar-refractivity contribution in [2.24, 2.45) is 0 Å². The highest BCUT2D eigenvalue weighted by Gasteiger charge is 2.22. The van der Waals surface area contributed by atoms with Crippen LogP contribution in [0.1, 0.15) is 5.56 Å². The van der Waals surface area contributed by atoms with Gasteiger partial charge in [0.25, 0.3) is 10.0 Å². The van der Waals surface area contributed by atoms with Crippen LogP contribution in [0.25, 0.3) is 0 Å². The smallest absolute Gasteiger partial charge is 0.253 e. The Morgan fingerprint density at radius 1 is 1.30 bits per heavy atom. The molecule has 0 atom stereocenters. The number of halogens is 1. The minimum atomic E-state index is -3.78. The average molecular weight is 308 g/mol. The van der Waals surface area contributed by atoms with Gasteiger partial charge in [0.1, 0.15) is 11.9 Å². The standard InChI is InChI=1S/C13H10ClN3O2S/c1-17(13-4-2-3-7-16-13)20(18,19)11-5-6-12(14)10(8-11)9-15/h2-8H,1H3. The average Bonchev–Trinajstić information content (AvgIpc) is 2.47. The molecule has 0 aliphatic heterocycles. The molecule has 1 aromatic heterocycles. The summed E-state index contributed by atoms with van der Waals surface area (Å²) in [5.41, 5.74) is 0.113. The number of rotatable bonds is 3. The van der Waals surface area contributed by atoms with Crippen molar-refractivity contribution in [2.75, 3.05) is 11.4 Å². The van der Waals surface area contributed by atoms with Gasteiger partial charge < -0.3 is 0 Å². The lowest BCUT2D eigenvalue weighted by Gasteiger charge is -2.18. The Labute approximate surface area is 122 Å². The number of nitriles is 1. The van der Waals surface area contributed by atoms with Crippen LogP contribution in [-0.4, -0.2) is 20.4 Å². The van der Waals surface area contributed by atoms with E-state index < -0.39 is 10.0 Å². The van der Waals surface area contributed by atoms with Crippen LogP contribution in [0.4, 0.5) is 5.82 Å². The van der Waals surface area contributed by atoms with E-state index in [1.54, 1.807) is 18.2 Å². The van der Waals surface area contributed by atoms with Gasteiger partial charge in [0.05, 0.1) is 15.5 Å². The van der Waals surface area contributed by atoms with E-state index >= 15 is 0 Å². The number of hydrogen-bond acceptors (Lipinski definition) is 4. The number of pyridine rings is 1. The van der Waals surface area contributed by atoms with E-state index in [1.807, 2.05) is 6.07 Å². The number of sulfonamides is 1. The first-order chi connectivity index (χ1) is 9.46. The predicted molar refractivity (Wildman–Crippen MR) is 76.0 cm³/mol. The molecular formula is C13H10ClN3O2S. The van der Waals surface area contributed by atoms with E-state index in [0.717, 1.165) is 4.31 Å². The second-order valence-electron chi connectivity index (χ2n) is 3.91. The molecule has 2 rings (SSSR count). The topological polar surface area (TPSA) is 74.1 Å². The number of benzene rings is 1. The van der Waals surface area contributed by atoms with Gasteiger partial charge in [0.15, 0.2) is 0 Å². The molecule has 7 heteroatoms. The number of aromatic nitrogens is 1. The summed E-state index contributed by atoms with van der Waals surface area (Å²) >= 11 is 5.80. The molecule has 0 N–H and O–H groups in total. The van der Waals surface area contributed by atoms with Crippen molar-refractivity contribution in [1.82, 2.24) is 4.98 Å². The van der Waals surface area contributed by atoms with Gasteiger partial charge in [-0.1, -0.05) is 17.7 Å². The van der Waals surface area contributed by atoms with Gasteiger partial charge in [-0.25, -0.2) is 13.4 Å². The molecule has 0 fully saturated rings. The molecule has 0 aliphatic carbocycles. The summed E-state index contributed by atoms with van der Waals surface area (Å²) in [6.07, 6.45) is 1.50. The SMILES string of the molecule is CN(c1ccccn1)S(=O)(=O)c1ccc(Cl)c(C#N)c1. The Morgan fingerprint density at radius 2 is 2.05 bits per heavy atom.